The third-order valence-electron chi connectivity index (χ3n) is 3.64. The van der Waals surface area contributed by atoms with E-state index >= 15 is 0 Å². The lowest BCUT2D eigenvalue weighted by Gasteiger charge is -2.20. The fourth-order valence-electron chi connectivity index (χ4n) is 2.80. The van der Waals surface area contributed by atoms with Crippen molar-refractivity contribution in [2.75, 3.05) is 6.54 Å². The van der Waals surface area contributed by atoms with Gasteiger partial charge in [0.15, 0.2) is 0 Å². The van der Waals surface area contributed by atoms with Crippen molar-refractivity contribution >= 4 is 11.6 Å². The topological polar surface area (TPSA) is 12.0 Å². The summed E-state index contributed by atoms with van der Waals surface area (Å²) >= 11 is 5.81. The Labute approximate surface area is 107 Å². The maximum absolute atomic E-state index is 13.8. The predicted octanol–water partition coefficient (Wildman–Crippen LogP) is 3.80. The van der Waals surface area contributed by atoms with E-state index in [-0.39, 0.29) is 10.8 Å². The summed E-state index contributed by atoms with van der Waals surface area (Å²) in [5.41, 5.74) is 0.757. The van der Waals surface area contributed by atoms with Gasteiger partial charge < -0.3 is 5.32 Å². The van der Waals surface area contributed by atoms with Gasteiger partial charge in [0, 0.05) is 6.04 Å². The molecule has 1 aliphatic carbocycles. The van der Waals surface area contributed by atoms with Crippen molar-refractivity contribution in [2.45, 2.75) is 38.6 Å². The zero-order valence-corrected chi connectivity index (χ0v) is 10.9. The van der Waals surface area contributed by atoms with Crippen LogP contribution in [0.15, 0.2) is 18.2 Å². The average molecular weight is 256 g/mol. The van der Waals surface area contributed by atoms with Gasteiger partial charge in [-0.3, -0.25) is 0 Å². The second-order valence-electron chi connectivity index (χ2n) is 4.77. The van der Waals surface area contributed by atoms with E-state index in [4.69, 9.17) is 11.6 Å². The number of benzene rings is 1. The Bertz CT molecular complexity index is 380. The second kappa shape index (κ2) is 5.83. The van der Waals surface area contributed by atoms with Crippen molar-refractivity contribution < 1.29 is 4.39 Å². The Hall–Kier alpha value is -0.600. The van der Waals surface area contributed by atoms with E-state index in [9.17, 15) is 4.39 Å². The van der Waals surface area contributed by atoms with E-state index in [2.05, 4.69) is 12.2 Å². The molecule has 17 heavy (non-hydrogen) atoms. The van der Waals surface area contributed by atoms with Crippen LogP contribution in [0.5, 0.6) is 0 Å². The standard InChI is InChI=1S/C14H19ClFN/c1-2-17-13-8-4-5-10(13)9-11-6-3-7-12(15)14(11)16/h3,6-7,10,13,17H,2,4-5,8-9H2,1H3. The number of hydrogen-bond acceptors (Lipinski definition) is 1. The molecule has 1 fully saturated rings. The minimum Gasteiger partial charge on any atom is -0.314 e. The zero-order chi connectivity index (χ0) is 12.3. The van der Waals surface area contributed by atoms with Gasteiger partial charge in [0.1, 0.15) is 5.82 Å². The molecular weight excluding hydrogens is 237 g/mol. The summed E-state index contributed by atoms with van der Waals surface area (Å²) in [4.78, 5) is 0. The molecule has 3 heteroatoms. The minimum absolute atomic E-state index is 0.237. The normalized spacial score (nSPS) is 24.2. The maximum Gasteiger partial charge on any atom is 0.144 e. The molecule has 0 bridgehead atoms. The lowest BCUT2D eigenvalue weighted by atomic mass is 9.94. The lowest BCUT2D eigenvalue weighted by Crippen LogP contribution is -2.33. The van der Waals surface area contributed by atoms with Crippen molar-refractivity contribution in [2.24, 2.45) is 5.92 Å². The first-order chi connectivity index (χ1) is 8.22. The largest absolute Gasteiger partial charge is 0.314 e. The molecule has 1 aliphatic rings. The first-order valence-corrected chi connectivity index (χ1v) is 6.76. The van der Waals surface area contributed by atoms with Crippen LogP contribution in [0, 0.1) is 11.7 Å². The van der Waals surface area contributed by atoms with Crippen LogP contribution >= 0.6 is 11.6 Å². The molecule has 0 aliphatic heterocycles. The highest BCUT2D eigenvalue weighted by Crippen LogP contribution is 2.30. The number of halogens is 2. The van der Waals surface area contributed by atoms with E-state index in [0.29, 0.717) is 12.0 Å². The van der Waals surface area contributed by atoms with Gasteiger partial charge in [-0.2, -0.15) is 0 Å². The van der Waals surface area contributed by atoms with E-state index in [0.717, 1.165) is 18.5 Å². The van der Waals surface area contributed by atoms with Gasteiger partial charge in [-0.1, -0.05) is 37.1 Å². The van der Waals surface area contributed by atoms with Crippen LogP contribution in [0.25, 0.3) is 0 Å². The van der Waals surface area contributed by atoms with Gasteiger partial charge in [0.05, 0.1) is 5.02 Å². The fourth-order valence-corrected chi connectivity index (χ4v) is 2.99. The highest BCUT2D eigenvalue weighted by molar-refractivity contribution is 6.30. The summed E-state index contributed by atoms with van der Waals surface area (Å²) in [5, 5.41) is 3.73. The smallest absolute Gasteiger partial charge is 0.144 e. The van der Waals surface area contributed by atoms with Crippen LogP contribution in [-0.2, 0) is 6.42 Å². The van der Waals surface area contributed by atoms with Crippen LogP contribution in [0.1, 0.15) is 31.7 Å². The van der Waals surface area contributed by atoms with Crippen molar-refractivity contribution in [3.05, 3.63) is 34.6 Å². The molecule has 1 aromatic carbocycles. The zero-order valence-electron chi connectivity index (χ0n) is 10.2. The van der Waals surface area contributed by atoms with Crippen LogP contribution in [0.2, 0.25) is 5.02 Å². The average Bonchev–Trinajstić information content (AvgIpc) is 2.73. The van der Waals surface area contributed by atoms with Crippen molar-refractivity contribution in [3.63, 3.8) is 0 Å². The van der Waals surface area contributed by atoms with Gasteiger partial charge >= 0.3 is 0 Å². The molecule has 0 amide bonds. The third kappa shape index (κ3) is 2.99. The molecule has 2 rings (SSSR count). The number of nitrogens with one attached hydrogen (secondary N) is 1. The molecule has 0 saturated heterocycles. The summed E-state index contributed by atoms with van der Waals surface area (Å²) < 4.78 is 13.8. The highest BCUT2D eigenvalue weighted by Gasteiger charge is 2.27. The SMILES string of the molecule is CCNC1CCCC1Cc1cccc(Cl)c1F. The Morgan fingerprint density at radius 1 is 1.41 bits per heavy atom. The Kier molecular flexibility index (Phi) is 4.41. The Morgan fingerprint density at radius 2 is 2.24 bits per heavy atom. The molecule has 1 N–H and O–H groups in total. The minimum atomic E-state index is -0.240. The monoisotopic (exact) mass is 255 g/mol. The van der Waals surface area contributed by atoms with E-state index in [1.54, 1.807) is 6.07 Å². The predicted molar refractivity (Wildman–Crippen MR) is 69.9 cm³/mol. The number of rotatable bonds is 4. The molecule has 0 spiro atoms. The maximum atomic E-state index is 13.8. The number of hydrogen-bond donors (Lipinski definition) is 1. The van der Waals surface area contributed by atoms with Gasteiger partial charge in [-0.15, -0.1) is 0 Å². The van der Waals surface area contributed by atoms with Crippen molar-refractivity contribution in [3.8, 4) is 0 Å². The summed E-state index contributed by atoms with van der Waals surface area (Å²) in [5.74, 6) is 0.305. The quantitative estimate of drug-likeness (QED) is 0.863. The molecule has 1 nitrogen and oxygen atoms in total. The Balaban J connectivity index is 2.07. The van der Waals surface area contributed by atoms with Gasteiger partial charge in [0.25, 0.3) is 0 Å². The molecule has 0 aromatic heterocycles. The van der Waals surface area contributed by atoms with Gasteiger partial charge in [0.2, 0.25) is 0 Å². The molecule has 0 heterocycles. The lowest BCUT2D eigenvalue weighted by molar-refractivity contribution is 0.401. The fraction of sp³-hybridized carbons (Fsp3) is 0.571. The van der Waals surface area contributed by atoms with Crippen molar-refractivity contribution in [1.29, 1.82) is 0 Å². The van der Waals surface area contributed by atoms with Crippen molar-refractivity contribution in [1.82, 2.24) is 5.32 Å². The highest BCUT2D eigenvalue weighted by atomic mass is 35.5. The summed E-state index contributed by atoms with van der Waals surface area (Å²) in [6, 6.07) is 5.83. The van der Waals surface area contributed by atoms with Crippen LogP contribution in [-0.4, -0.2) is 12.6 Å². The first kappa shape index (κ1) is 12.8. The molecule has 2 unspecified atom stereocenters. The van der Waals surface area contributed by atoms with Gasteiger partial charge in [-0.25, -0.2) is 4.39 Å². The molecule has 94 valence electrons. The van der Waals surface area contributed by atoms with E-state index in [1.165, 1.54) is 19.3 Å². The molecule has 1 saturated carbocycles. The van der Waals surface area contributed by atoms with E-state index < -0.39 is 0 Å². The van der Waals surface area contributed by atoms with Gasteiger partial charge in [-0.05, 0) is 43.4 Å². The van der Waals surface area contributed by atoms with Crippen LogP contribution in [0.3, 0.4) is 0 Å². The summed E-state index contributed by atoms with van der Waals surface area (Å²) in [6.45, 7) is 3.11. The van der Waals surface area contributed by atoms with Crippen LogP contribution in [0.4, 0.5) is 4.39 Å². The summed E-state index contributed by atoms with van der Waals surface area (Å²) in [6.07, 6.45) is 4.43. The first-order valence-electron chi connectivity index (χ1n) is 6.38. The molecule has 1 aromatic rings. The Morgan fingerprint density at radius 3 is 3.00 bits per heavy atom. The third-order valence-corrected chi connectivity index (χ3v) is 3.93. The van der Waals surface area contributed by atoms with Crippen LogP contribution < -0.4 is 5.32 Å². The second-order valence-corrected chi connectivity index (χ2v) is 5.18. The van der Waals surface area contributed by atoms with E-state index in [1.807, 2.05) is 12.1 Å². The summed E-state index contributed by atoms with van der Waals surface area (Å²) in [7, 11) is 0. The molecule has 0 radical (unpaired) electrons. The molecular formula is C14H19ClFN. The molecule has 2 atom stereocenters.